The third-order valence-electron chi connectivity index (χ3n) is 5.95. The predicted molar refractivity (Wildman–Crippen MR) is 128 cm³/mol. The van der Waals surface area contributed by atoms with Gasteiger partial charge in [0, 0.05) is 42.0 Å². The average Bonchev–Trinajstić information content (AvgIpc) is 3.17. The topological polar surface area (TPSA) is 68.4 Å². The molecule has 0 aliphatic carbocycles. The van der Waals surface area contributed by atoms with E-state index >= 15 is 0 Å². The van der Waals surface area contributed by atoms with Crippen LogP contribution in [0.15, 0.2) is 53.3 Å². The van der Waals surface area contributed by atoms with Crippen molar-refractivity contribution in [2.45, 2.75) is 40.5 Å². The normalized spacial score (nSPS) is 11.2. The van der Waals surface area contributed by atoms with Crippen LogP contribution >= 0.6 is 0 Å². The SMILES string of the molecule is Cc1cc(C)cc(NC(=O)CCc2c(C)n(C)c3cc(-c4ccccc4C)nn3c2=O)c1. The lowest BCUT2D eigenvalue weighted by Gasteiger charge is -2.12. The van der Waals surface area contributed by atoms with E-state index in [1.54, 1.807) is 0 Å². The Kier molecular flexibility index (Phi) is 5.70. The van der Waals surface area contributed by atoms with Crippen molar-refractivity contribution in [3.8, 4) is 11.3 Å². The van der Waals surface area contributed by atoms with Crippen LogP contribution in [0.1, 0.15) is 34.4 Å². The summed E-state index contributed by atoms with van der Waals surface area (Å²) in [6.07, 6.45) is 0.575. The minimum Gasteiger partial charge on any atom is -0.333 e. The second-order valence-electron chi connectivity index (χ2n) is 8.47. The second kappa shape index (κ2) is 8.46. The van der Waals surface area contributed by atoms with E-state index in [1.165, 1.54) is 4.52 Å². The summed E-state index contributed by atoms with van der Waals surface area (Å²) >= 11 is 0. The van der Waals surface area contributed by atoms with Crippen LogP contribution in [0.4, 0.5) is 5.69 Å². The smallest absolute Gasteiger partial charge is 0.277 e. The van der Waals surface area contributed by atoms with E-state index in [1.807, 2.05) is 81.8 Å². The van der Waals surface area contributed by atoms with Crippen molar-refractivity contribution in [2.24, 2.45) is 7.05 Å². The Bertz CT molecular complexity index is 1370. The summed E-state index contributed by atoms with van der Waals surface area (Å²) in [5.74, 6) is -0.113. The molecule has 0 radical (unpaired) electrons. The third-order valence-corrected chi connectivity index (χ3v) is 5.95. The van der Waals surface area contributed by atoms with Gasteiger partial charge in [-0.3, -0.25) is 9.59 Å². The van der Waals surface area contributed by atoms with E-state index < -0.39 is 0 Å². The van der Waals surface area contributed by atoms with E-state index in [-0.39, 0.29) is 17.9 Å². The number of aromatic nitrogens is 3. The Labute approximate surface area is 187 Å². The van der Waals surface area contributed by atoms with Crippen LogP contribution in [0.5, 0.6) is 0 Å². The molecule has 2 aromatic carbocycles. The maximum absolute atomic E-state index is 13.2. The Morgan fingerprint density at radius 2 is 1.69 bits per heavy atom. The van der Waals surface area contributed by atoms with Gasteiger partial charge in [0.2, 0.25) is 5.91 Å². The fourth-order valence-electron chi connectivity index (χ4n) is 4.21. The first-order valence-electron chi connectivity index (χ1n) is 10.8. The molecule has 2 aromatic heterocycles. The lowest BCUT2D eigenvalue weighted by Crippen LogP contribution is -2.26. The van der Waals surface area contributed by atoms with Gasteiger partial charge in [-0.1, -0.05) is 30.3 Å². The summed E-state index contributed by atoms with van der Waals surface area (Å²) in [4.78, 5) is 25.8. The number of rotatable bonds is 5. The zero-order valence-corrected chi connectivity index (χ0v) is 19.2. The van der Waals surface area contributed by atoms with Gasteiger partial charge in [-0.2, -0.15) is 9.61 Å². The van der Waals surface area contributed by atoms with E-state index in [2.05, 4.69) is 16.5 Å². The van der Waals surface area contributed by atoms with Gasteiger partial charge in [-0.15, -0.1) is 0 Å². The fraction of sp³-hybridized carbons (Fsp3) is 0.269. The molecule has 0 atom stereocenters. The van der Waals surface area contributed by atoms with Gasteiger partial charge in [0.25, 0.3) is 5.56 Å². The van der Waals surface area contributed by atoms with Crippen LogP contribution in [0.2, 0.25) is 0 Å². The lowest BCUT2D eigenvalue weighted by molar-refractivity contribution is -0.116. The molecule has 1 N–H and O–H groups in total. The molecule has 0 saturated carbocycles. The zero-order valence-electron chi connectivity index (χ0n) is 19.2. The van der Waals surface area contributed by atoms with Crippen LogP contribution in [0, 0.1) is 27.7 Å². The van der Waals surface area contributed by atoms with Crippen molar-refractivity contribution in [3.05, 3.63) is 86.8 Å². The number of anilines is 1. The largest absolute Gasteiger partial charge is 0.333 e. The monoisotopic (exact) mass is 428 g/mol. The molecule has 0 bridgehead atoms. The minimum atomic E-state index is -0.172. The highest BCUT2D eigenvalue weighted by Crippen LogP contribution is 2.23. The van der Waals surface area contributed by atoms with Crippen LogP contribution in [-0.4, -0.2) is 20.1 Å². The van der Waals surface area contributed by atoms with Gasteiger partial charge in [-0.25, -0.2) is 0 Å². The van der Waals surface area contributed by atoms with Crippen LogP contribution < -0.4 is 10.9 Å². The van der Waals surface area contributed by atoms with Crippen molar-refractivity contribution >= 4 is 17.2 Å². The summed E-state index contributed by atoms with van der Waals surface area (Å²) < 4.78 is 3.42. The van der Waals surface area contributed by atoms with Crippen molar-refractivity contribution in [2.75, 3.05) is 5.32 Å². The molecule has 0 spiro atoms. The molecule has 1 amide bonds. The molecule has 6 heteroatoms. The molecule has 0 saturated heterocycles. The molecule has 0 aliphatic rings. The minimum absolute atomic E-state index is 0.113. The number of carbonyl (C=O) groups excluding carboxylic acids is 1. The van der Waals surface area contributed by atoms with Crippen molar-refractivity contribution in [3.63, 3.8) is 0 Å². The third kappa shape index (κ3) is 4.08. The van der Waals surface area contributed by atoms with Crippen LogP contribution in [0.3, 0.4) is 0 Å². The summed E-state index contributed by atoms with van der Waals surface area (Å²) in [6.45, 7) is 7.95. The fourth-order valence-corrected chi connectivity index (χ4v) is 4.21. The van der Waals surface area contributed by atoms with Gasteiger partial charge in [0.1, 0.15) is 5.65 Å². The number of amides is 1. The molecule has 6 nitrogen and oxygen atoms in total. The molecule has 32 heavy (non-hydrogen) atoms. The van der Waals surface area contributed by atoms with E-state index in [0.717, 1.165) is 45.0 Å². The highest BCUT2D eigenvalue weighted by Gasteiger charge is 2.17. The number of hydrogen-bond donors (Lipinski definition) is 1. The van der Waals surface area contributed by atoms with Gasteiger partial charge in [0.05, 0.1) is 5.69 Å². The van der Waals surface area contributed by atoms with Crippen molar-refractivity contribution in [1.82, 2.24) is 14.2 Å². The van der Waals surface area contributed by atoms with Crippen molar-refractivity contribution < 1.29 is 4.79 Å². The standard InChI is InChI=1S/C26H28N4O2/c1-16-12-17(2)14-20(13-16)27-24(31)11-10-22-19(4)29(5)25-15-23(28-30(25)26(22)32)21-9-7-6-8-18(21)3/h6-9,12-15H,10-11H2,1-5H3,(H,27,31). The van der Waals surface area contributed by atoms with Gasteiger partial charge in [0.15, 0.2) is 0 Å². The number of nitrogens with zero attached hydrogens (tertiary/aromatic N) is 3. The summed E-state index contributed by atoms with van der Waals surface area (Å²) in [6, 6.07) is 15.9. The maximum atomic E-state index is 13.2. The first-order chi connectivity index (χ1) is 15.2. The Morgan fingerprint density at radius 3 is 2.38 bits per heavy atom. The molecule has 0 aliphatic heterocycles. The second-order valence-corrected chi connectivity index (χ2v) is 8.47. The molecule has 0 fully saturated rings. The summed E-state index contributed by atoms with van der Waals surface area (Å²) in [5, 5.41) is 7.55. The molecular weight excluding hydrogens is 400 g/mol. The van der Waals surface area contributed by atoms with Crippen LogP contribution in [-0.2, 0) is 18.3 Å². The number of aryl methyl sites for hydroxylation is 4. The molecule has 2 heterocycles. The number of hydrogen-bond acceptors (Lipinski definition) is 3. The van der Waals surface area contributed by atoms with Gasteiger partial charge >= 0.3 is 0 Å². The van der Waals surface area contributed by atoms with Gasteiger partial charge < -0.3 is 9.88 Å². The van der Waals surface area contributed by atoms with E-state index in [4.69, 9.17) is 0 Å². The Hall–Kier alpha value is -3.67. The zero-order chi connectivity index (χ0) is 23.0. The first kappa shape index (κ1) is 21.6. The maximum Gasteiger partial charge on any atom is 0.277 e. The first-order valence-corrected chi connectivity index (χ1v) is 10.8. The molecule has 4 rings (SSSR count). The Morgan fingerprint density at radius 1 is 1.00 bits per heavy atom. The predicted octanol–water partition coefficient (Wildman–Crippen LogP) is 4.50. The van der Waals surface area contributed by atoms with Crippen molar-refractivity contribution in [1.29, 1.82) is 0 Å². The number of benzene rings is 2. The van der Waals surface area contributed by atoms with E-state index in [9.17, 15) is 9.59 Å². The molecular formula is C26H28N4O2. The molecule has 164 valence electrons. The lowest BCUT2D eigenvalue weighted by atomic mass is 10.1. The number of carbonyl (C=O) groups is 1. The number of fused-ring (bicyclic) bond motifs is 1. The van der Waals surface area contributed by atoms with Crippen LogP contribution in [0.25, 0.3) is 16.9 Å². The number of nitrogens with one attached hydrogen (secondary N) is 1. The highest BCUT2D eigenvalue weighted by molar-refractivity contribution is 5.91. The quantitative estimate of drug-likeness (QED) is 0.509. The average molecular weight is 429 g/mol. The van der Waals surface area contributed by atoms with Gasteiger partial charge in [-0.05, 0) is 62.9 Å². The summed E-state index contributed by atoms with van der Waals surface area (Å²) in [7, 11) is 1.92. The van der Waals surface area contributed by atoms with E-state index in [0.29, 0.717) is 12.0 Å². The molecule has 0 unspecified atom stereocenters. The molecule has 4 aromatic rings. The Balaban J connectivity index is 1.62. The summed E-state index contributed by atoms with van der Waals surface area (Å²) in [5.41, 5.74) is 7.85. The highest BCUT2D eigenvalue weighted by atomic mass is 16.1.